The van der Waals surface area contributed by atoms with E-state index in [2.05, 4.69) is 25.1 Å². The van der Waals surface area contributed by atoms with E-state index in [0.29, 0.717) is 5.65 Å². The molecule has 2 aromatic rings. The number of halogens is 1. The summed E-state index contributed by atoms with van der Waals surface area (Å²) in [6, 6.07) is 3.87. The van der Waals surface area contributed by atoms with Gasteiger partial charge in [-0.15, -0.1) is 17.5 Å². The van der Waals surface area contributed by atoms with Crippen molar-refractivity contribution in [3.05, 3.63) is 18.3 Å². The van der Waals surface area contributed by atoms with Crippen molar-refractivity contribution in [1.82, 2.24) is 29.8 Å². The maximum absolute atomic E-state index is 4.17. The van der Waals surface area contributed by atoms with Crippen LogP contribution < -0.4 is 0 Å². The van der Waals surface area contributed by atoms with E-state index in [1.807, 2.05) is 45.0 Å². The first kappa shape index (κ1) is 13.8. The third-order valence-corrected chi connectivity index (χ3v) is 2.39. The van der Waals surface area contributed by atoms with Crippen LogP contribution in [0.15, 0.2) is 18.3 Å². The highest BCUT2D eigenvalue weighted by Crippen LogP contribution is 2.16. The Labute approximate surface area is 107 Å². The average Bonchev–Trinajstić information content (AvgIpc) is 2.61. The fourth-order valence-electron chi connectivity index (χ4n) is 1.85. The molecule has 0 bridgehead atoms. The van der Waals surface area contributed by atoms with Gasteiger partial charge in [0, 0.05) is 6.20 Å². The number of rotatable bonds is 3. The van der Waals surface area contributed by atoms with Gasteiger partial charge in [-0.2, -0.15) is 0 Å². The van der Waals surface area contributed by atoms with Gasteiger partial charge in [-0.05, 0) is 40.3 Å². The molecule has 0 aliphatic rings. The summed E-state index contributed by atoms with van der Waals surface area (Å²) in [6.07, 6.45) is 1.76. The quantitative estimate of drug-likeness (QED) is 0.762. The Bertz CT molecular complexity index is 472. The summed E-state index contributed by atoms with van der Waals surface area (Å²) < 4.78 is 1.86. The fourth-order valence-corrected chi connectivity index (χ4v) is 1.85. The number of nitrogens with zero attached hydrogens (tertiary/aromatic N) is 6. The normalized spacial score (nSPS) is 11.5. The second kappa shape index (κ2) is 5.39. The van der Waals surface area contributed by atoms with Crippen molar-refractivity contribution in [2.75, 3.05) is 28.2 Å². The number of fused-ring (bicyclic) bond motifs is 1. The second-order valence-electron chi connectivity index (χ2n) is 4.15. The van der Waals surface area contributed by atoms with Crippen molar-refractivity contribution < 1.29 is 0 Å². The van der Waals surface area contributed by atoms with E-state index in [1.54, 1.807) is 6.20 Å². The maximum atomic E-state index is 4.17. The smallest absolute Gasteiger partial charge is 0.201 e. The predicted molar refractivity (Wildman–Crippen MR) is 69.0 cm³/mol. The Morgan fingerprint density at radius 2 is 1.82 bits per heavy atom. The zero-order valence-corrected chi connectivity index (χ0v) is 11.2. The van der Waals surface area contributed by atoms with E-state index in [-0.39, 0.29) is 18.7 Å². The molecule has 0 saturated heterocycles. The Morgan fingerprint density at radius 3 is 2.41 bits per heavy atom. The van der Waals surface area contributed by atoms with Crippen LogP contribution in [0.5, 0.6) is 0 Å². The van der Waals surface area contributed by atoms with E-state index >= 15 is 0 Å². The zero-order chi connectivity index (χ0) is 11.7. The summed E-state index contributed by atoms with van der Waals surface area (Å²) in [4.78, 5) is 8.31. The van der Waals surface area contributed by atoms with Gasteiger partial charge in [0.25, 0.3) is 0 Å². The van der Waals surface area contributed by atoms with E-state index in [0.717, 1.165) is 5.52 Å². The van der Waals surface area contributed by atoms with Crippen molar-refractivity contribution in [3.8, 4) is 0 Å². The first-order valence-corrected chi connectivity index (χ1v) is 5.10. The summed E-state index contributed by atoms with van der Waals surface area (Å²) in [6.45, 7) is 0. The van der Waals surface area contributed by atoms with Gasteiger partial charge in [-0.3, -0.25) is 9.80 Å². The van der Waals surface area contributed by atoms with Crippen molar-refractivity contribution in [2.24, 2.45) is 0 Å². The minimum atomic E-state index is 0. The molecule has 0 fully saturated rings. The topological polar surface area (TPSA) is 50.1 Å². The van der Waals surface area contributed by atoms with E-state index in [4.69, 9.17) is 0 Å². The third-order valence-electron chi connectivity index (χ3n) is 2.39. The zero-order valence-electron chi connectivity index (χ0n) is 10.4. The molecular formula is C10H17ClN6. The molecule has 0 unspecified atom stereocenters. The first-order valence-electron chi connectivity index (χ1n) is 5.10. The molecule has 7 heteroatoms. The van der Waals surface area contributed by atoms with Crippen LogP contribution in [-0.4, -0.2) is 58.0 Å². The number of aromatic nitrogens is 4. The fraction of sp³-hybridized carbons (Fsp3) is 0.500. The van der Waals surface area contributed by atoms with Gasteiger partial charge in [-0.25, -0.2) is 9.67 Å². The predicted octanol–water partition coefficient (Wildman–Crippen LogP) is 0.827. The van der Waals surface area contributed by atoms with E-state index < -0.39 is 0 Å². The molecule has 0 N–H and O–H groups in total. The van der Waals surface area contributed by atoms with E-state index in [9.17, 15) is 0 Å². The lowest BCUT2D eigenvalue weighted by atomic mass is 10.4. The highest BCUT2D eigenvalue weighted by molar-refractivity contribution is 5.85. The van der Waals surface area contributed by atoms with Gasteiger partial charge in [0.2, 0.25) is 5.65 Å². The molecule has 17 heavy (non-hydrogen) atoms. The number of hydrogen-bond acceptors (Lipinski definition) is 5. The van der Waals surface area contributed by atoms with Crippen molar-refractivity contribution in [3.63, 3.8) is 0 Å². The Morgan fingerprint density at radius 1 is 1.18 bits per heavy atom. The van der Waals surface area contributed by atoms with E-state index in [1.165, 1.54) is 0 Å². The molecule has 6 nitrogen and oxygen atoms in total. The molecule has 2 rings (SSSR count). The van der Waals surface area contributed by atoms with Crippen molar-refractivity contribution in [2.45, 2.75) is 6.29 Å². The average molecular weight is 257 g/mol. The lowest BCUT2D eigenvalue weighted by molar-refractivity contribution is 0.0540. The van der Waals surface area contributed by atoms with Gasteiger partial charge in [0.05, 0.1) is 0 Å². The molecule has 0 spiro atoms. The molecule has 94 valence electrons. The van der Waals surface area contributed by atoms with Crippen LogP contribution in [0, 0.1) is 0 Å². The van der Waals surface area contributed by atoms with Crippen LogP contribution in [0.3, 0.4) is 0 Å². The van der Waals surface area contributed by atoms with Gasteiger partial charge < -0.3 is 0 Å². The molecule has 0 radical (unpaired) electrons. The molecule has 0 saturated carbocycles. The largest absolute Gasteiger partial charge is 0.275 e. The standard InChI is InChI=1S/C10H16N6.ClH/c1-14(2)10(15(3)4)16-8-6-5-7-11-9(8)12-13-16;/h5-7,10H,1-4H3;1H. The van der Waals surface area contributed by atoms with Crippen LogP contribution >= 0.6 is 12.4 Å². The number of pyridine rings is 1. The summed E-state index contributed by atoms with van der Waals surface area (Å²) >= 11 is 0. The summed E-state index contributed by atoms with van der Waals surface area (Å²) in [5.41, 5.74) is 1.62. The van der Waals surface area contributed by atoms with Gasteiger partial charge >= 0.3 is 0 Å². The minimum Gasteiger partial charge on any atom is -0.275 e. The van der Waals surface area contributed by atoms with Gasteiger partial charge in [0.15, 0.2) is 6.29 Å². The summed E-state index contributed by atoms with van der Waals surface area (Å²) in [5.74, 6) is 0. The lowest BCUT2D eigenvalue weighted by Crippen LogP contribution is -2.37. The van der Waals surface area contributed by atoms with Gasteiger partial charge in [0.1, 0.15) is 5.52 Å². The van der Waals surface area contributed by atoms with Crippen LogP contribution in [0.2, 0.25) is 0 Å². The molecule has 0 atom stereocenters. The van der Waals surface area contributed by atoms with Crippen molar-refractivity contribution >= 4 is 23.6 Å². The Hall–Kier alpha value is -1.24. The molecule has 2 aromatic heterocycles. The van der Waals surface area contributed by atoms with Crippen LogP contribution in [-0.2, 0) is 0 Å². The van der Waals surface area contributed by atoms with Crippen molar-refractivity contribution in [1.29, 1.82) is 0 Å². The highest BCUT2D eigenvalue weighted by atomic mass is 35.5. The monoisotopic (exact) mass is 256 g/mol. The van der Waals surface area contributed by atoms with Gasteiger partial charge in [-0.1, -0.05) is 5.21 Å². The van der Waals surface area contributed by atoms with Crippen LogP contribution in [0.25, 0.3) is 11.2 Å². The Kier molecular flexibility index (Phi) is 4.39. The lowest BCUT2D eigenvalue weighted by Gasteiger charge is -2.30. The molecule has 0 amide bonds. The molecule has 0 aliphatic heterocycles. The Balaban J connectivity index is 0.00000144. The maximum Gasteiger partial charge on any atom is 0.201 e. The number of hydrogen-bond donors (Lipinski definition) is 0. The highest BCUT2D eigenvalue weighted by Gasteiger charge is 2.19. The van der Waals surface area contributed by atoms with Crippen LogP contribution in [0.1, 0.15) is 6.29 Å². The summed E-state index contributed by atoms with van der Waals surface area (Å²) in [7, 11) is 8.03. The molecular weight excluding hydrogens is 240 g/mol. The third kappa shape index (κ3) is 2.54. The molecule has 2 heterocycles. The minimum absolute atomic E-state index is 0. The SMILES string of the molecule is CN(C)C(N(C)C)n1nnc2ncccc21.Cl. The second-order valence-corrected chi connectivity index (χ2v) is 4.15. The summed E-state index contributed by atoms with van der Waals surface area (Å²) in [5, 5.41) is 8.21. The first-order chi connectivity index (χ1) is 7.61. The van der Waals surface area contributed by atoms with Crippen LogP contribution in [0.4, 0.5) is 0 Å². The molecule has 0 aliphatic carbocycles. The molecule has 0 aromatic carbocycles.